The van der Waals surface area contributed by atoms with E-state index in [2.05, 4.69) is 11.9 Å². The molecule has 1 saturated heterocycles. The van der Waals surface area contributed by atoms with Gasteiger partial charge in [-0.15, -0.1) is 0 Å². The van der Waals surface area contributed by atoms with Crippen LogP contribution in [-0.4, -0.2) is 47.4 Å². The molecule has 1 N–H and O–H groups in total. The Morgan fingerprint density at radius 3 is 2.42 bits per heavy atom. The van der Waals surface area contributed by atoms with Crippen molar-refractivity contribution in [2.24, 2.45) is 0 Å². The van der Waals surface area contributed by atoms with Crippen LogP contribution in [0.1, 0.15) is 60.3 Å². The topological polar surface area (TPSA) is 75.7 Å². The quantitative estimate of drug-likeness (QED) is 0.197. The molecule has 2 atom stereocenters. The number of nitrogens with zero attached hydrogens (tertiary/aromatic N) is 1. The van der Waals surface area contributed by atoms with E-state index in [-0.39, 0.29) is 9.70 Å². The second-order valence-electron chi connectivity index (χ2n) is 7.79. The van der Waals surface area contributed by atoms with E-state index in [1.165, 1.54) is 4.90 Å². The summed E-state index contributed by atoms with van der Waals surface area (Å²) in [5.74, 6) is -0.190. The summed E-state index contributed by atoms with van der Waals surface area (Å²) in [5, 5.41) is 3.11. The first-order chi connectivity index (χ1) is 11.9. The number of halogens is 1. The summed E-state index contributed by atoms with van der Waals surface area (Å²) >= 11 is -2.07. The van der Waals surface area contributed by atoms with E-state index < -0.39 is 41.1 Å². The van der Waals surface area contributed by atoms with Gasteiger partial charge >= 0.3 is 165 Å². The van der Waals surface area contributed by atoms with Crippen LogP contribution in [0.2, 0.25) is 0 Å². The number of hydrogen-bond donors (Lipinski definition) is 1. The predicted molar refractivity (Wildman–Crippen MR) is 113 cm³/mol. The van der Waals surface area contributed by atoms with Crippen molar-refractivity contribution in [1.82, 2.24) is 10.2 Å². The molecule has 0 spiro atoms. The number of carbonyl (C=O) groups is 3. The van der Waals surface area contributed by atoms with Gasteiger partial charge in [0.1, 0.15) is 0 Å². The number of nitrogens with one attached hydrogen (secondary N) is 1. The minimum absolute atomic E-state index is 0.177. The van der Waals surface area contributed by atoms with Crippen LogP contribution in [0.15, 0.2) is 12.7 Å². The molecule has 26 heavy (non-hydrogen) atoms. The van der Waals surface area contributed by atoms with Crippen molar-refractivity contribution in [2.75, 3.05) is 11.5 Å². The summed E-state index contributed by atoms with van der Waals surface area (Å²) in [7, 11) is 0. The van der Waals surface area contributed by atoms with E-state index in [0.717, 1.165) is 12.8 Å². The van der Waals surface area contributed by atoms with Gasteiger partial charge in [0.15, 0.2) is 0 Å². The van der Waals surface area contributed by atoms with Crippen LogP contribution in [0.4, 0.5) is 4.79 Å². The van der Waals surface area contributed by atoms with Crippen molar-refractivity contribution in [3.63, 3.8) is 0 Å². The number of amides is 2. The second kappa shape index (κ2) is 9.19. The van der Waals surface area contributed by atoms with Crippen molar-refractivity contribution < 1.29 is 19.1 Å². The van der Waals surface area contributed by atoms with E-state index >= 15 is 0 Å². The van der Waals surface area contributed by atoms with Crippen molar-refractivity contribution in [3.8, 4) is 0 Å². The molecule has 1 aliphatic heterocycles. The average Bonchev–Trinajstić information content (AvgIpc) is 3.00. The third kappa shape index (κ3) is 6.25. The zero-order chi connectivity index (χ0) is 20.1. The molecule has 1 fully saturated rings. The molecule has 1 aliphatic rings. The minimum atomic E-state index is -2.07. The summed E-state index contributed by atoms with van der Waals surface area (Å²) < 4.78 is 5.08. The van der Waals surface area contributed by atoms with E-state index in [1.807, 2.05) is 32.6 Å². The second-order valence-corrected chi connectivity index (χ2v) is 14.4. The molecule has 7 heteroatoms. The van der Waals surface area contributed by atoms with Crippen molar-refractivity contribution in [1.29, 1.82) is 0 Å². The van der Waals surface area contributed by atoms with Crippen molar-refractivity contribution in [3.05, 3.63) is 12.7 Å². The molecular formula is C19H33IN2O4. The summed E-state index contributed by atoms with van der Waals surface area (Å²) in [6.07, 6.45) is 4.13. The molecule has 2 amide bonds. The van der Waals surface area contributed by atoms with E-state index in [0.29, 0.717) is 19.4 Å². The van der Waals surface area contributed by atoms with E-state index in [9.17, 15) is 14.4 Å². The summed E-state index contributed by atoms with van der Waals surface area (Å²) in [4.78, 5) is 40.9. The molecule has 0 saturated carbocycles. The van der Waals surface area contributed by atoms with Gasteiger partial charge in [-0.25, -0.2) is 0 Å². The first-order valence-corrected chi connectivity index (χ1v) is 13.3. The molecule has 0 bridgehead atoms. The molecule has 1 rings (SSSR count). The fraction of sp³-hybridized carbons (Fsp3) is 0.737. The Bertz CT molecular complexity index is 558. The van der Waals surface area contributed by atoms with Gasteiger partial charge in [0.05, 0.1) is 0 Å². The molecule has 150 valence electrons. The van der Waals surface area contributed by atoms with E-state index in [1.54, 1.807) is 13.0 Å². The average molecular weight is 480 g/mol. The molecule has 1 heterocycles. The number of carbonyl (C=O) groups excluding carboxylic acids is 3. The number of alkyl halides is 2. The summed E-state index contributed by atoms with van der Waals surface area (Å²) in [5.41, 5.74) is -0.601. The third-order valence-electron chi connectivity index (χ3n) is 4.41. The zero-order valence-electron chi connectivity index (χ0n) is 16.9. The van der Waals surface area contributed by atoms with Crippen molar-refractivity contribution in [2.45, 2.75) is 75.5 Å². The first kappa shape index (κ1) is 22.9. The zero-order valence-corrected chi connectivity index (χ0v) is 19.0. The van der Waals surface area contributed by atoms with Crippen molar-refractivity contribution >= 4 is 35.6 Å². The van der Waals surface area contributed by atoms with Gasteiger partial charge in [0.25, 0.3) is 0 Å². The van der Waals surface area contributed by atoms with Gasteiger partial charge in [-0.05, 0) is 0 Å². The maximum atomic E-state index is 13.0. The van der Waals surface area contributed by atoms with Crippen LogP contribution < -0.4 is 5.32 Å². The number of likely N-dealkylation sites (tertiary alicyclic amines) is 1. The Kier molecular flexibility index (Phi) is 8.10. The predicted octanol–water partition coefficient (Wildman–Crippen LogP) is 3.87. The number of ether oxygens (including phenoxy) is 1. The standard InChI is InChI=1S/C19H33IN2O4/c1-8-9-12-19(6,20(7)14(2)23)21-16(24)15-11-10-13-22(15)17(25)26-18(3,4)5/h8,15H,1,9-13H2,2-7H3,(H,21,24)/t15?,19-/m1/s1. The Labute approximate surface area is 164 Å². The SMILES string of the molecule is C=CCC[C@@](C)(NC(=O)C1CCCN1C(=O)OC(C)(C)C)I(C)C(C)=O. The number of rotatable bonds is 7. The third-order valence-corrected chi connectivity index (χ3v) is 11.1. The normalized spacial score (nSPS) is 20.2. The number of hydrogen-bond acceptors (Lipinski definition) is 4. The Morgan fingerprint density at radius 2 is 1.92 bits per heavy atom. The van der Waals surface area contributed by atoms with Gasteiger partial charge in [0, 0.05) is 0 Å². The van der Waals surface area contributed by atoms with Crippen LogP contribution in [0.3, 0.4) is 0 Å². The van der Waals surface area contributed by atoms with Gasteiger partial charge < -0.3 is 0 Å². The summed E-state index contributed by atoms with van der Waals surface area (Å²) in [6, 6.07) is -0.538. The Balaban J connectivity index is 2.92. The molecule has 0 aromatic rings. The molecule has 6 nitrogen and oxygen atoms in total. The molecule has 0 aromatic heterocycles. The molecular weight excluding hydrogens is 447 g/mol. The summed E-state index contributed by atoms with van der Waals surface area (Å²) in [6.45, 7) is 13.2. The Morgan fingerprint density at radius 1 is 1.31 bits per heavy atom. The molecule has 0 aliphatic carbocycles. The van der Waals surface area contributed by atoms with Gasteiger partial charge in [-0.3, -0.25) is 0 Å². The molecule has 0 radical (unpaired) electrons. The first-order valence-electron chi connectivity index (χ1n) is 8.94. The van der Waals surface area contributed by atoms with E-state index in [4.69, 9.17) is 4.74 Å². The number of allylic oxidation sites excluding steroid dienone is 1. The van der Waals surface area contributed by atoms with Crippen LogP contribution in [0.5, 0.6) is 0 Å². The van der Waals surface area contributed by atoms with Crippen LogP contribution >= 0.6 is 19.8 Å². The van der Waals surface area contributed by atoms with Crippen LogP contribution in [0.25, 0.3) is 0 Å². The van der Waals surface area contributed by atoms with Crippen LogP contribution in [0, 0.1) is 0 Å². The molecule has 1 unspecified atom stereocenters. The Hall–Kier alpha value is -1.12. The van der Waals surface area contributed by atoms with Gasteiger partial charge in [-0.1, -0.05) is 0 Å². The fourth-order valence-corrected chi connectivity index (χ4v) is 6.33. The monoisotopic (exact) mass is 480 g/mol. The fourth-order valence-electron chi connectivity index (χ4n) is 2.86. The van der Waals surface area contributed by atoms with Crippen LogP contribution in [-0.2, 0) is 14.3 Å². The maximum absolute atomic E-state index is 13.0. The van der Waals surface area contributed by atoms with Gasteiger partial charge in [-0.2, -0.15) is 0 Å². The molecule has 0 aromatic carbocycles. The van der Waals surface area contributed by atoms with Gasteiger partial charge in [0.2, 0.25) is 0 Å².